The van der Waals surface area contributed by atoms with Crippen molar-refractivity contribution in [2.75, 3.05) is 13.7 Å². The average Bonchev–Trinajstić information content (AvgIpc) is 2.82. The molecule has 102 valence electrons. The van der Waals surface area contributed by atoms with Crippen LogP contribution in [0.4, 0.5) is 0 Å². The number of rotatable bonds is 4. The molecule has 0 spiro atoms. The largest absolute Gasteiger partial charge is 0.493 e. The van der Waals surface area contributed by atoms with Gasteiger partial charge in [0.15, 0.2) is 5.75 Å². The highest BCUT2D eigenvalue weighted by atomic mass is 16.5. The lowest BCUT2D eigenvalue weighted by atomic mass is 9.89. The molecule has 2 heterocycles. The van der Waals surface area contributed by atoms with Gasteiger partial charge in [-0.05, 0) is 39.2 Å². The van der Waals surface area contributed by atoms with Gasteiger partial charge in [0, 0.05) is 6.04 Å². The Kier molecular flexibility index (Phi) is 4.27. The Labute approximate surface area is 110 Å². The van der Waals surface area contributed by atoms with Crippen molar-refractivity contribution in [3.8, 4) is 5.75 Å². The summed E-state index contributed by atoms with van der Waals surface area (Å²) in [5.74, 6) is 1.73. The zero-order valence-corrected chi connectivity index (χ0v) is 11.9. The van der Waals surface area contributed by atoms with E-state index in [0.29, 0.717) is 12.1 Å². The van der Waals surface area contributed by atoms with Gasteiger partial charge in [0.2, 0.25) is 0 Å². The molecule has 1 aliphatic heterocycles. The van der Waals surface area contributed by atoms with Crippen molar-refractivity contribution in [2.24, 2.45) is 5.92 Å². The maximum absolute atomic E-state index is 5.47. The van der Waals surface area contributed by atoms with Crippen molar-refractivity contribution < 1.29 is 4.74 Å². The molecule has 2 unspecified atom stereocenters. The van der Waals surface area contributed by atoms with E-state index in [9.17, 15) is 0 Å². The summed E-state index contributed by atoms with van der Waals surface area (Å²) in [6.07, 6.45) is 5.57. The van der Waals surface area contributed by atoms with E-state index in [2.05, 4.69) is 35.9 Å². The first-order chi connectivity index (χ1) is 8.67. The van der Waals surface area contributed by atoms with E-state index in [1.54, 1.807) is 7.11 Å². The van der Waals surface area contributed by atoms with E-state index in [1.807, 2.05) is 6.20 Å². The van der Waals surface area contributed by atoms with Gasteiger partial charge in [0.1, 0.15) is 0 Å². The zero-order chi connectivity index (χ0) is 13.1. The molecule has 1 N–H and O–H groups in total. The van der Waals surface area contributed by atoms with E-state index in [0.717, 1.165) is 18.2 Å². The Balaban J connectivity index is 2.27. The third-order valence-corrected chi connectivity index (χ3v) is 3.93. The Hall–Kier alpha value is -1.03. The molecule has 0 saturated carbocycles. The van der Waals surface area contributed by atoms with E-state index in [-0.39, 0.29) is 0 Å². The molecule has 2 rings (SSSR count). The Bertz CT molecular complexity index is 386. The van der Waals surface area contributed by atoms with Crippen molar-refractivity contribution in [1.29, 1.82) is 0 Å². The van der Waals surface area contributed by atoms with Gasteiger partial charge in [0.05, 0.1) is 25.0 Å². The summed E-state index contributed by atoms with van der Waals surface area (Å²) in [7, 11) is 1.73. The molecule has 1 fully saturated rings. The smallest absolute Gasteiger partial charge is 0.161 e. The van der Waals surface area contributed by atoms with Gasteiger partial charge >= 0.3 is 0 Å². The van der Waals surface area contributed by atoms with Gasteiger partial charge in [0.25, 0.3) is 0 Å². The average molecular weight is 251 g/mol. The Morgan fingerprint density at radius 1 is 1.56 bits per heavy atom. The van der Waals surface area contributed by atoms with Crippen LogP contribution in [0.3, 0.4) is 0 Å². The fraction of sp³-hybridized carbons (Fsp3) is 0.786. The predicted molar refractivity (Wildman–Crippen MR) is 72.9 cm³/mol. The number of methoxy groups -OCH3 is 1. The predicted octanol–water partition coefficient (Wildman–Crippen LogP) is 2.92. The number of nitrogens with one attached hydrogen (secondary N) is 1. The van der Waals surface area contributed by atoms with Gasteiger partial charge in [-0.2, -0.15) is 5.10 Å². The summed E-state index contributed by atoms with van der Waals surface area (Å²) in [4.78, 5) is 0. The second-order valence-electron chi connectivity index (χ2n) is 5.44. The summed E-state index contributed by atoms with van der Waals surface area (Å²) in [5.41, 5.74) is 1.21. The zero-order valence-electron chi connectivity index (χ0n) is 11.9. The first-order valence-corrected chi connectivity index (χ1v) is 7.02. The van der Waals surface area contributed by atoms with Crippen molar-refractivity contribution in [3.05, 3.63) is 11.9 Å². The number of piperidine rings is 1. The van der Waals surface area contributed by atoms with Crippen molar-refractivity contribution in [2.45, 2.75) is 52.1 Å². The van der Waals surface area contributed by atoms with Crippen molar-refractivity contribution >= 4 is 0 Å². The molecule has 1 aromatic rings. The molecular formula is C14H25N3O. The third kappa shape index (κ3) is 2.53. The molecule has 0 aromatic carbocycles. The topological polar surface area (TPSA) is 39.1 Å². The quantitative estimate of drug-likeness (QED) is 0.894. The lowest BCUT2D eigenvalue weighted by Crippen LogP contribution is -2.33. The lowest BCUT2D eigenvalue weighted by Gasteiger charge is -2.31. The monoisotopic (exact) mass is 251 g/mol. The highest BCUT2D eigenvalue weighted by Crippen LogP contribution is 2.35. The first kappa shape index (κ1) is 13.4. The summed E-state index contributed by atoms with van der Waals surface area (Å²) < 4.78 is 7.57. The summed E-state index contributed by atoms with van der Waals surface area (Å²) in [5, 5.41) is 8.08. The van der Waals surface area contributed by atoms with Crippen LogP contribution in [0.15, 0.2) is 6.20 Å². The Morgan fingerprint density at radius 3 is 2.94 bits per heavy atom. The van der Waals surface area contributed by atoms with E-state index in [1.165, 1.54) is 25.0 Å². The van der Waals surface area contributed by atoms with Crippen LogP contribution < -0.4 is 10.1 Å². The molecule has 0 bridgehead atoms. The van der Waals surface area contributed by atoms with Gasteiger partial charge in [-0.1, -0.05) is 13.3 Å². The minimum atomic E-state index is 0.368. The molecule has 0 radical (unpaired) electrons. The van der Waals surface area contributed by atoms with Gasteiger partial charge in [-0.3, -0.25) is 4.68 Å². The van der Waals surface area contributed by atoms with E-state index < -0.39 is 0 Å². The van der Waals surface area contributed by atoms with Crippen LogP contribution in [-0.4, -0.2) is 23.4 Å². The maximum atomic E-state index is 5.47. The summed E-state index contributed by atoms with van der Waals surface area (Å²) in [6, 6.07) is 0.747. The van der Waals surface area contributed by atoms with Crippen LogP contribution in [0.2, 0.25) is 0 Å². The first-order valence-electron chi connectivity index (χ1n) is 7.02. The maximum Gasteiger partial charge on any atom is 0.161 e. The number of ether oxygens (including phenoxy) is 1. The second-order valence-corrected chi connectivity index (χ2v) is 5.44. The molecular weight excluding hydrogens is 226 g/mol. The molecule has 1 saturated heterocycles. The van der Waals surface area contributed by atoms with Crippen LogP contribution in [0.5, 0.6) is 5.75 Å². The minimum absolute atomic E-state index is 0.368. The number of hydrogen-bond donors (Lipinski definition) is 1. The molecule has 1 aromatic heterocycles. The van der Waals surface area contributed by atoms with E-state index in [4.69, 9.17) is 4.74 Å². The standard InChI is InChI=1S/C14H25N3O/c1-5-11-6-7-15-12(8-11)14-13(18-4)9-16-17(14)10(2)3/h9-12,15H,5-8H2,1-4H3. The molecule has 0 aliphatic carbocycles. The minimum Gasteiger partial charge on any atom is -0.493 e. The van der Waals surface area contributed by atoms with Gasteiger partial charge in [-0.15, -0.1) is 0 Å². The number of nitrogens with zero attached hydrogens (tertiary/aromatic N) is 2. The number of hydrogen-bond acceptors (Lipinski definition) is 3. The van der Waals surface area contributed by atoms with Crippen molar-refractivity contribution in [1.82, 2.24) is 15.1 Å². The Morgan fingerprint density at radius 2 is 2.33 bits per heavy atom. The molecule has 1 aliphatic rings. The molecule has 0 amide bonds. The van der Waals surface area contributed by atoms with Crippen LogP contribution >= 0.6 is 0 Å². The molecule has 18 heavy (non-hydrogen) atoms. The fourth-order valence-corrected chi connectivity index (χ4v) is 2.83. The number of aromatic nitrogens is 2. The van der Waals surface area contributed by atoms with Gasteiger partial charge < -0.3 is 10.1 Å². The summed E-state index contributed by atoms with van der Waals surface area (Å²) >= 11 is 0. The normalized spacial score (nSPS) is 24.5. The molecule has 2 atom stereocenters. The van der Waals surface area contributed by atoms with Crippen LogP contribution in [0, 0.1) is 5.92 Å². The lowest BCUT2D eigenvalue weighted by molar-refractivity contribution is 0.277. The van der Waals surface area contributed by atoms with Gasteiger partial charge in [-0.25, -0.2) is 0 Å². The van der Waals surface area contributed by atoms with Crippen LogP contribution in [-0.2, 0) is 0 Å². The third-order valence-electron chi connectivity index (χ3n) is 3.93. The fourth-order valence-electron chi connectivity index (χ4n) is 2.83. The van der Waals surface area contributed by atoms with Crippen LogP contribution in [0.1, 0.15) is 57.8 Å². The van der Waals surface area contributed by atoms with E-state index >= 15 is 0 Å². The highest BCUT2D eigenvalue weighted by Gasteiger charge is 2.28. The second kappa shape index (κ2) is 5.74. The summed E-state index contributed by atoms with van der Waals surface area (Å²) in [6.45, 7) is 7.70. The van der Waals surface area contributed by atoms with Crippen molar-refractivity contribution in [3.63, 3.8) is 0 Å². The SMILES string of the molecule is CCC1CCNC(c2c(OC)cnn2C(C)C)C1. The molecule has 4 heteroatoms. The molecule has 4 nitrogen and oxygen atoms in total. The highest BCUT2D eigenvalue weighted by molar-refractivity contribution is 5.29. The van der Waals surface area contributed by atoms with Crippen LogP contribution in [0.25, 0.3) is 0 Å².